The number of aliphatic hydroxyl groups is 2. The monoisotopic (exact) mass is 450 g/mol. The summed E-state index contributed by atoms with van der Waals surface area (Å²) in [7, 11) is 0. The molecule has 0 saturated carbocycles. The number of nitrogens with one attached hydrogen (secondary N) is 2. The minimum Gasteiger partial charge on any atom is -0.393 e. The Balaban J connectivity index is 1.81. The molecular weight excluding hydrogens is 428 g/mol. The molecule has 1 aromatic carbocycles. The summed E-state index contributed by atoms with van der Waals surface area (Å²) in [6, 6.07) is 9.22. The lowest BCUT2D eigenvalue weighted by Gasteiger charge is -2.18. The number of urea groups is 1. The lowest BCUT2D eigenvalue weighted by molar-refractivity contribution is -0.00969. The summed E-state index contributed by atoms with van der Waals surface area (Å²) in [6.07, 6.45) is 4.91. The minimum atomic E-state index is -1.52. The Morgan fingerprint density at radius 2 is 1.94 bits per heavy atom. The molecular formula is C22H22N6O3S. The Labute approximate surface area is 188 Å². The first-order valence-electron chi connectivity index (χ1n) is 9.98. The number of pyridine rings is 1. The molecule has 1 atom stereocenters. The van der Waals surface area contributed by atoms with Gasteiger partial charge in [-0.25, -0.2) is 19.7 Å². The first kappa shape index (κ1) is 21.8. The van der Waals surface area contributed by atoms with Crippen LogP contribution in [0.4, 0.5) is 9.93 Å². The minimum absolute atomic E-state index is 0.136. The topological polar surface area (TPSA) is 133 Å². The van der Waals surface area contributed by atoms with Gasteiger partial charge < -0.3 is 15.5 Å². The number of carbonyl (C=O) groups excluding carboxylic acids is 1. The highest BCUT2D eigenvalue weighted by Crippen LogP contribution is 2.38. The molecule has 0 saturated heterocycles. The summed E-state index contributed by atoms with van der Waals surface area (Å²) in [6.45, 7) is 3.32. The van der Waals surface area contributed by atoms with Crippen molar-refractivity contribution in [2.75, 3.05) is 18.5 Å². The normalized spacial score (nSPS) is 13.0. The van der Waals surface area contributed by atoms with Gasteiger partial charge in [0.2, 0.25) is 0 Å². The van der Waals surface area contributed by atoms with Crippen molar-refractivity contribution < 1.29 is 15.0 Å². The lowest BCUT2D eigenvalue weighted by Crippen LogP contribution is -2.28. The van der Waals surface area contributed by atoms with E-state index in [9.17, 15) is 15.0 Å². The summed E-state index contributed by atoms with van der Waals surface area (Å²) in [4.78, 5) is 29.5. The van der Waals surface area contributed by atoms with Crippen LogP contribution >= 0.6 is 11.3 Å². The van der Waals surface area contributed by atoms with Crippen LogP contribution in [-0.4, -0.2) is 49.3 Å². The molecule has 0 fully saturated rings. The zero-order valence-electron chi connectivity index (χ0n) is 17.5. The Morgan fingerprint density at radius 3 is 2.59 bits per heavy atom. The molecule has 2 amide bonds. The quantitative estimate of drug-likeness (QED) is 0.355. The van der Waals surface area contributed by atoms with E-state index in [1.807, 2.05) is 37.3 Å². The number of benzene rings is 1. The van der Waals surface area contributed by atoms with Gasteiger partial charge in [0, 0.05) is 36.3 Å². The summed E-state index contributed by atoms with van der Waals surface area (Å²) in [5.74, 6) is 0.136. The molecule has 3 heterocycles. The second kappa shape index (κ2) is 8.95. The summed E-state index contributed by atoms with van der Waals surface area (Å²) < 4.78 is 0.889. The van der Waals surface area contributed by atoms with Crippen molar-refractivity contribution in [3.63, 3.8) is 0 Å². The largest absolute Gasteiger partial charge is 0.393 e. The molecule has 1 unspecified atom stereocenters. The van der Waals surface area contributed by atoms with Crippen molar-refractivity contribution in [2.45, 2.75) is 19.4 Å². The van der Waals surface area contributed by atoms with Gasteiger partial charge in [-0.05, 0) is 43.7 Å². The molecule has 0 aliphatic heterocycles. The van der Waals surface area contributed by atoms with E-state index >= 15 is 0 Å². The lowest BCUT2D eigenvalue weighted by atomic mass is 10.0. The first-order chi connectivity index (χ1) is 15.4. The van der Waals surface area contributed by atoms with E-state index in [1.54, 1.807) is 18.6 Å². The number of hydrogen-bond acceptors (Lipinski definition) is 8. The van der Waals surface area contributed by atoms with E-state index in [1.165, 1.54) is 18.3 Å². The van der Waals surface area contributed by atoms with Gasteiger partial charge in [0.15, 0.2) is 11.0 Å². The predicted molar refractivity (Wildman–Crippen MR) is 123 cm³/mol. The SMILES string of the molecule is CCNC(=O)Nc1nc2cc(-c3cnc(C(C)(O)CO)nc3)cc(-c3ccccn3)c2s1. The van der Waals surface area contributed by atoms with E-state index in [0.29, 0.717) is 22.8 Å². The molecule has 4 N–H and O–H groups in total. The van der Waals surface area contributed by atoms with E-state index in [-0.39, 0.29) is 11.9 Å². The molecule has 3 aromatic heterocycles. The van der Waals surface area contributed by atoms with Crippen LogP contribution in [0.25, 0.3) is 32.6 Å². The summed E-state index contributed by atoms with van der Waals surface area (Å²) >= 11 is 1.37. The van der Waals surface area contributed by atoms with E-state index in [0.717, 1.165) is 21.5 Å². The number of rotatable bonds is 6. The van der Waals surface area contributed by atoms with Crippen LogP contribution in [0.15, 0.2) is 48.9 Å². The Bertz CT molecular complexity index is 1240. The average Bonchev–Trinajstić information content (AvgIpc) is 3.21. The van der Waals surface area contributed by atoms with Crippen LogP contribution in [0.3, 0.4) is 0 Å². The maximum atomic E-state index is 11.9. The third-order valence-electron chi connectivity index (χ3n) is 4.76. The third kappa shape index (κ3) is 4.42. The molecule has 0 spiro atoms. The van der Waals surface area contributed by atoms with Gasteiger partial charge in [-0.3, -0.25) is 10.3 Å². The van der Waals surface area contributed by atoms with Crippen LogP contribution in [0.1, 0.15) is 19.7 Å². The number of aromatic nitrogens is 4. The number of aliphatic hydroxyl groups excluding tert-OH is 1. The van der Waals surface area contributed by atoms with Crippen LogP contribution < -0.4 is 10.6 Å². The number of carbonyl (C=O) groups is 1. The molecule has 164 valence electrons. The van der Waals surface area contributed by atoms with E-state index < -0.39 is 12.2 Å². The molecule has 0 radical (unpaired) electrons. The fourth-order valence-corrected chi connectivity index (χ4v) is 4.06. The highest BCUT2D eigenvalue weighted by Gasteiger charge is 2.25. The molecule has 0 bridgehead atoms. The number of nitrogens with zero attached hydrogens (tertiary/aromatic N) is 4. The maximum absolute atomic E-state index is 11.9. The maximum Gasteiger partial charge on any atom is 0.321 e. The van der Waals surface area contributed by atoms with Crippen molar-refractivity contribution >= 4 is 32.7 Å². The second-order valence-corrected chi connectivity index (χ2v) is 8.32. The van der Waals surface area contributed by atoms with Crippen molar-refractivity contribution in [1.82, 2.24) is 25.3 Å². The van der Waals surface area contributed by atoms with Gasteiger partial charge in [-0.15, -0.1) is 0 Å². The van der Waals surface area contributed by atoms with Gasteiger partial charge in [-0.1, -0.05) is 17.4 Å². The number of hydrogen-bond donors (Lipinski definition) is 4. The van der Waals surface area contributed by atoms with Gasteiger partial charge >= 0.3 is 6.03 Å². The molecule has 4 rings (SSSR count). The predicted octanol–water partition coefficient (Wildman–Crippen LogP) is 3.16. The number of fused-ring (bicyclic) bond motifs is 1. The van der Waals surface area contributed by atoms with E-state index in [2.05, 4.69) is 30.6 Å². The van der Waals surface area contributed by atoms with Gasteiger partial charge in [0.25, 0.3) is 0 Å². The smallest absolute Gasteiger partial charge is 0.321 e. The van der Waals surface area contributed by atoms with E-state index in [4.69, 9.17) is 0 Å². The highest BCUT2D eigenvalue weighted by molar-refractivity contribution is 7.22. The Kier molecular flexibility index (Phi) is 6.08. The summed E-state index contributed by atoms with van der Waals surface area (Å²) in [5.41, 5.74) is 2.34. The highest BCUT2D eigenvalue weighted by atomic mass is 32.1. The van der Waals surface area contributed by atoms with Crippen LogP contribution in [0.2, 0.25) is 0 Å². The summed E-state index contributed by atoms with van der Waals surface area (Å²) in [5, 5.41) is 25.4. The van der Waals surface area contributed by atoms with Crippen molar-refractivity contribution in [1.29, 1.82) is 0 Å². The van der Waals surface area contributed by atoms with Gasteiger partial charge in [0.05, 0.1) is 22.5 Å². The van der Waals surface area contributed by atoms with Crippen LogP contribution in [-0.2, 0) is 5.60 Å². The standard InChI is InChI=1S/C22H22N6O3S/c1-3-23-20(30)28-21-27-17-9-13(14-10-25-19(26-11-14)22(2,31)12-29)8-15(18(17)32-21)16-6-4-5-7-24-16/h4-11,29,31H,3,12H2,1-2H3,(H2,23,27,28,30). The molecule has 0 aliphatic rings. The fraction of sp³-hybridized carbons (Fsp3) is 0.227. The van der Waals surface area contributed by atoms with Crippen molar-refractivity contribution in [3.8, 4) is 22.4 Å². The molecule has 9 nitrogen and oxygen atoms in total. The molecule has 4 aromatic rings. The van der Waals surface area contributed by atoms with Crippen molar-refractivity contribution in [3.05, 3.63) is 54.7 Å². The zero-order valence-corrected chi connectivity index (χ0v) is 18.3. The Hall–Kier alpha value is -3.47. The average molecular weight is 451 g/mol. The Morgan fingerprint density at radius 1 is 1.16 bits per heavy atom. The first-order valence-corrected chi connectivity index (χ1v) is 10.8. The van der Waals surface area contributed by atoms with Crippen LogP contribution in [0.5, 0.6) is 0 Å². The number of anilines is 1. The fourth-order valence-electron chi connectivity index (χ4n) is 3.09. The second-order valence-electron chi connectivity index (χ2n) is 7.32. The number of amides is 2. The number of thiazole rings is 1. The van der Waals surface area contributed by atoms with Gasteiger partial charge in [0.1, 0.15) is 5.60 Å². The molecule has 10 heteroatoms. The molecule has 32 heavy (non-hydrogen) atoms. The zero-order chi connectivity index (χ0) is 22.7. The van der Waals surface area contributed by atoms with Crippen LogP contribution in [0, 0.1) is 0 Å². The molecule has 0 aliphatic carbocycles. The van der Waals surface area contributed by atoms with Crippen molar-refractivity contribution in [2.24, 2.45) is 0 Å². The third-order valence-corrected chi connectivity index (χ3v) is 5.78. The van der Waals surface area contributed by atoms with Gasteiger partial charge in [-0.2, -0.15) is 0 Å².